The fourth-order valence-electron chi connectivity index (χ4n) is 2.56. The van der Waals surface area contributed by atoms with E-state index in [1.807, 2.05) is 41.8 Å². The van der Waals surface area contributed by atoms with E-state index in [0.717, 1.165) is 17.3 Å². The van der Waals surface area contributed by atoms with Gasteiger partial charge in [-0.05, 0) is 18.6 Å². The number of nitrogens with zero attached hydrogens (tertiary/aromatic N) is 1. The van der Waals surface area contributed by atoms with Crippen molar-refractivity contribution in [2.75, 3.05) is 20.3 Å². The Morgan fingerprint density at radius 1 is 1.41 bits per heavy atom. The largest absolute Gasteiger partial charge is 0.391 e. The van der Waals surface area contributed by atoms with Gasteiger partial charge >= 0.3 is 0 Å². The number of amides is 1. The van der Waals surface area contributed by atoms with Gasteiger partial charge in [0.2, 0.25) is 0 Å². The molecule has 5 nitrogen and oxygen atoms in total. The molecule has 0 aliphatic heterocycles. The molecule has 1 atom stereocenters. The summed E-state index contributed by atoms with van der Waals surface area (Å²) in [4.78, 5) is 12.4. The molecule has 0 aliphatic carbocycles. The minimum Gasteiger partial charge on any atom is -0.391 e. The molecule has 2 N–H and O–H groups in total. The van der Waals surface area contributed by atoms with E-state index in [-0.39, 0.29) is 12.5 Å². The van der Waals surface area contributed by atoms with E-state index >= 15 is 0 Å². The number of benzene rings is 1. The molecule has 1 amide bonds. The van der Waals surface area contributed by atoms with Crippen molar-refractivity contribution in [1.29, 1.82) is 0 Å². The fourth-order valence-corrected chi connectivity index (χ4v) is 2.56. The zero-order chi connectivity index (χ0) is 15.9. The highest BCUT2D eigenvalue weighted by Crippen LogP contribution is 2.19. The summed E-state index contributed by atoms with van der Waals surface area (Å²) in [6.45, 7) is 3.44. The number of aliphatic hydroxyl groups excluding tert-OH is 1. The number of methoxy groups -OCH3 is 1. The van der Waals surface area contributed by atoms with Crippen molar-refractivity contribution >= 4 is 16.8 Å². The molecule has 1 unspecified atom stereocenters. The third kappa shape index (κ3) is 3.87. The molecule has 2 rings (SSSR count). The van der Waals surface area contributed by atoms with Crippen molar-refractivity contribution in [2.45, 2.75) is 32.4 Å². The fraction of sp³-hybridized carbons (Fsp3) is 0.471. The normalized spacial score (nSPS) is 12.5. The van der Waals surface area contributed by atoms with Crippen LogP contribution in [0, 0.1) is 0 Å². The van der Waals surface area contributed by atoms with Gasteiger partial charge in [-0.15, -0.1) is 0 Å². The van der Waals surface area contributed by atoms with E-state index in [2.05, 4.69) is 5.32 Å². The highest BCUT2D eigenvalue weighted by Gasteiger charge is 2.16. The van der Waals surface area contributed by atoms with Crippen LogP contribution in [0.25, 0.3) is 10.9 Å². The Bertz CT molecular complexity index is 621. The van der Waals surface area contributed by atoms with Gasteiger partial charge in [-0.25, -0.2) is 0 Å². The Labute approximate surface area is 130 Å². The molecule has 120 valence electrons. The Hall–Kier alpha value is -1.85. The van der Waals surface area contributed by atoms with E-state index in [4.69, 9.17) is 4.74 Å². The first-order chi connectivity index (χ1) is 10.7. The standard InChI is InChI=1S/C17H24N2O3/c1-3-6-14(20)12-18-17(21)16-11-13-7-4-5-8-15(13)19(16)9-10-22-2/h4-5,7-8,11,14,20H,3,6,9-10,12H2,1-2H3,(H,18,21). The summed E-state index contributed by atoms with van der Waals surface area (Å²) in [6.07, 6.45) is 1.09. The van der Waals surface area contributed by atoms with Crippen molar-refractivity contribution in [1.82, 2.24) is 9.88 Å². The summed E-state index contributed by atoms with van der Waals surface area (Å²) >= 11 is 0. The van der Waals surface area contributed by atoms with E-state index in [1.54, 1.807) is 7.11 Å². The van der Waals surface area contributed by atoms with Crippen LogP contribution in [0.3, 0.4) is 0 Å². The molecule has 0 aliphatic rings. The molecular weight excluding hydrogens is 280 g/mol. The quantitative estimate of drug-likeness (QED) is 0.785. The second kappa shape index (κ2) is 7.96. The van der Waals surface area contributed by atoms with Crippen molar-refractivity contribution in [3.05, 3.63) is 36.0 Å². The molecule has 1 heterocycles. The van der Waals surface area contributed by atoms with Crippen molar-refractivity contribution < 1.29 is 14.6 Å². The number of fused-ring (bicyclic) bond motifs is 1. The first kappa shape index (κ1) is 16.5. The van der Waals surface area contributed by atoms with Gasteiger partial charge in [0.05, 0.1) is 12.7 Å². The SMILES string of the molecule is CCCC(O)CNC(=O)c1cc2ccccc2n1CCOC. The van der Waals surface area contributed by atoms with E-state index in [1.165, 1.54) is 0 Å². The zero-order valence-electron chi connectivity index (χ0n) is 13.2. The number of aliphatic hydroxyl groups is 1. The van der Waals surface area contributed by atoms with Gasteiger partial charge in [0.25, 0.3) is 5.91 Å². The molecule has 5 heteroatoms. The maximum atomic E-state index is 12.4. The number of hydrogen-bond acceptors (Lipinski definition) is 3. The van der Waals surface area contributed by atoms with Crippen molar-refractivity contribution in [3.8, 4) is 0 Å². The number of para-hydroxylation sites is 1. The van der Waals surface area contributed by atoms with E-state index in [9.17, 15) is 9.90 Å². The van der Waals surface area contributed by atoms with Crippen LogP contribution in [-0.2, 0) is 11.3 Å². The third-order valence-corrected chi connectivity index (χ3v) is 3.68. The lowest BCUT2D eigenvalue weighted by Gasteiger charge is -2.13. The van der Waals surface area contributed by atoms with Crippen molar-refractivity contribution in [3.63, 3.8) is 0 Å². The van der Waals surface area contributed by atoms with Crippen LogP contribution >= 0.6 is 0 Å². The number of nitrogens with one attached hydrogen (secondary N) is 1. The van der Waals surface area contributed by atoms with Crippen LogP contribution in [0.15, 0.2) is 30.3 Å². The van der Waals surface area contributed by atoms with Gasteiger partial charge in [-0.3, -0.25) is 4.79 Å². The van der Waals surface area contributed by atoms with Gasteiger partial charge in [-0.2, -0.15) is 0 Å². The maximum Gasteiger partial charge on any atom is 0.268 e. The molecule has 22 heavy (non-hydrogen) atoms. The molecule has 1 aromatic carbocycles. The third-order valence-electron chi connectivity index (χ3n) is 3.68. The molecule has 0 radical (unpaired) electrons. The Balaban J connectivity index is 2.19. The maximum absolute atomic E-state index is 12.4. The number of carbonyl (C=O) groups excluding carboxylic acids is 1. The number of carbonyl (C=O) groups is 1. The minimum atomic E-state index is -0.495. The molecule has 0 spiro atoms. The highest BCUT2D eigenvalue weighted by atomic mass is 16.5. The Morgan fingerprint density at radius 2 is 2.18 bits per heavy atom. The average Bonchev–Trinajstić information content (AvgIpc) is 2.89. The second-order valence-electron chi connectivity index (χ2n) is 5.39. The summed E-state index contributed by atoms with van der Waals surface area (Å²) in [5.74, 6) is -0.164. The van der Waals surface area contributed by atoms with Crippen molar-refractivity contribution in [2.24, 2.45) is 0 Å². The van der Waals surface area contributed by atoms with Gasteiger partial charge in [0.1, 0.15) is 5.69 Å². The summed E-state index contributed by atoms with van der Waals surface area (Å²) in [6, 6.07) is 9.77. The number of rotatable bonds is 8. The molecular formula is C17H24N2O3. The smallest absolute Gasteiger partial charge is 0.268 e. The molecule has 1 aromatic heterocycles. The van der Waals surface area contributed by atoms with E-state index < -0.39 is 6.10 Å². The highest BCUT2D eigenvalue weighted by molar-refractivity contribution is 5.98. The van der Waals surface area contributed by atoms with Gasteiger partial charge < -0.3 is 19.7 Å². The van der Waals surface area contributed by atoms with Crippen LogP contribution in [0.2, 0.25) is 0 Å². The summed E-state index contributed by atoms with van der Waals surface area (Å²) < 4.78 is 7.10. The first-order valence-electron chi connectivity index (χ1n) is 7.70. The topological polar surface area (TPSA) is 63.5 Å². The van der Waals surface area contributed by atoms with Gasteiger partial charge in [0, 0.05) is 31.1 Å². The van der Waals surface area contributed by atoms with Gasteiger partial charge in [0.15, 0.2) is 0 Å². The van der Waals surface area contributed by atoms with E-state index in [0.29, 0.717) is 25.3 Å². The summed E-state index contributed by atoms with van der Waals surface area (Å²) in [7, 11) is 1.65. The summed E-state index contributed by atoms with van der Waals surface area (Å²) in [5, 5.41) is 13.6. The number of aromatic nitrogens is 1. The van der Waals surface area contributed by atoms with Crippen LogP contribution in [0.5, 0.6) is 0 Å². The number of hydrogen-bond donors (Lipinski definition) is 2. The molecule has 0 fully saturated rings. The molecule has 0 saturated heterocycles. The van der Waals surface area contributed by atoms with Gasteiger partial charge in [-0.1, -0.05) is 31.5 Å². The monoisotopic (exact) mass is 304 g/mol. The lowest BCUT2D eigenvalue weighted by molar-refractivity contribution is 0.0899. The molecule has 0 bridgehead atoms. The molecule has 2 aromatic rings. The second-order valence-corrected chi connectivity index (χ2v) is 5.39. The lowest BCUT2D eigenvalue weighted by Crippen LogP contribution is -2.33. The van der Waals surface area contributed by atoms with Crippen LogP contribution in [-0.4, -0.2) is 41.9 Å². The lowest BCUT2D eigenvalue weighted by atomic mass is 10.2. The zero-order valence-corrected chi connectivity index (χ0v) is 13.2. The first-order valence-corrected chi connectivity index (χ1v) is 7.70. The summed E-state index contributed by atoms with van der Waals surface area (Å²) in [5.41, 5.74) is 1.61. The van der Waals surface area contributed by atoms with Crippen LogP contribution < -0.4 is 5.32 Å². The number of ether oxygens (including phenoxy) is 1. The Morgan fingerprint density at radius 3 is 2.91 bits per heavy atom. The predicted octanol–water partition coefficient (Wildman–Crippen LogP) is 2.18. The minimum absolute atomic E-state index is 0.164. The predicted molar refractivity (Wildman–Crippen MR) is 87.1 cm³/mol. The average molecular weight is 304 g/mol. The molecule has 0 saturated carbocycles. The van der Waals surface area contributed by atoms with Crippen LogP contribution in [0.1, 0.15) is 30.3 Å². The Kier molecular flexibility index (Phi) is 5.98. The van der Waals surface area contributed by atoms with Crippen LogP contribution in [0.4, 0.5) is 0 Å².